The van der Waals surface area contributed by atoms with Gasteiger partial charge < -0.3 is 4.90 Å². The molecule has 0 bridgehead atoms. The monoisotopic (exact) mass is 293 g/mol. The lowest BCUT2D eigenvalue weighted by Gasteiger charge is -2.19. The topological polar surface area (TPSA) is 37.4 Å². The van der Waals surface area contributed by atoms with Crippen molar-refractivity contribution in [3.8, 4) is 0 Å². The fourth-order valence-corrected chi connectivity index (χ4v) is 2.59. The van der Waals surface area contributed by atoms with Gasteiger partial charge in [0.05, 0.1) is 5.38 Å². The lowest BCUT2D eigenvalue weighted by atomic mass is 10.0. The molecule has 1 aromatic rings. The van der Waals surface area contributed by atoms with Gasteiger partial charge in [-0.3, -0.25) is 9.59 Å². The first-order chi connectivity index (χ1) is 9.45. The minimum absolute atomic E-state index is 0.0189. The van der Waals surface area contributed by atoms with Crippen LogP contribution in [0.4, 0.5) is 5.69 Å². The van der Waals surface area contributed by atoms with Gasteiger partial charge in [-0.1, -0.05) is 20.8 Å². The Kier molecular flexibility index (Phi) is 4.48. The molecule has 0 radical (unpaired) electrons. The van der Waals surface area contributed by atoms with Crippen molar-refractivity contribution in [3.05, 3.63) is 29.3 Å². The molecule has 20 heavy (non-hydrogen) atoms. The maximum absolute atomic E-state index is 12.1. The van der Waals surface area contributed by atoms with Crippen LogP contribution in [0, 0.1) is 5.92 Å². The molecule has 4 heteroatoms. The number of rotatable bonds is 4. The zero-order valence-corrected chi connectivity index (χ0v) is 12.9. The number of amides is 1. The Bertz CT molecular complexity index is 539. The molecular weight excluding hydrogens is 274 g/mol. The molecule has 1 aliphatic heterocycles. The molecule has 1 atom stereocenters. The SMILES string of the molecule is CCC(Cl)C(=O)c1ccc2c(c1)CCN2C(=O)C(C)C. The molecule has 0 fully saturated rings. The molecule has 3 nitrogen and oxygen atoms in total. The Morgan fingerprint density at radius 3 is 2.65 bits per heavy atom. The second kappa shape index (κ2) is 5.96. The number of carbonyl (C=O) groups excluding carboxylic acids is 2. The maximum Gasteiger partial charge on any atom is 0.229 e. The molecule has 0 saturated carbocycles. The second-order valence-electron chi connectivity index (χ2n) is 5.48. The van der Waals surface area contributed by atoms with Gasteiger partial charge in [0.15, 0.2) is 5.78 Å². The highest BCUT2D eigenvalue weighted by Gasteiger charge is 2.27. The van der Waals surface area contributed by atoms with Gasteiger partial charge in [0.2, 0.25) is 5.91 Å². The molecule has 0 saturated heterocycles. The summed E-state index contributed by atoms with van der Waals surface area (Å²) < 4.78 is 0. The van der Waals surface area contributed by atoms with E-state index in [0.29, 0.717) is 18.5 Å². The average molecular weight is 294 g/mol. The highest BCUT2D eigenvalue weighted by atomic mass is 35.5. The molecule has 1 amide bonds. The number of hydrogen-bond acceptors (Lipinski definition) is 2. The van der Waals surface area contributed by atoms with Gasteiger partial charge in [0.1, 0.15) is 0 Å². The highest BCUT2D eigenvalue weighted by molar-refractivity contribution is 6.33. The average Bonchev–Trinajstić information content (AvgIpc) is 2.87. The normalized spacial score (nSPS) is 15.3. The third-order valence-corrected chi connectivity index (χ3v) is 4.17. The van der Waals surface area contributed by atoms with E-state index in [1.165, 1.54) is 0 Å². The summed E-state index contributed by atoms with van der Waals surface area (Å²) >= 11 is 6.01. The van der Waals surface area contributed by atoms with Crippen LogP contribution < -0.4 is 4.90 Å². The predicted molar refractivity (Wildman–Crippen MR) is 81.6 cm³/mol. The first-order valence-corrected chi connectivity index (χ1v) is 7.52. The van der Waals surface area contributed by atoms with Crippen LogP contribution in [0.2, 0.25) is 0 Å². The van der Waals surface area contributed by atoms with E-state index < -0.39 is 5.38 Å². The fourth-order valence-electron chi connectivity index (χ4n) is 2.46. The Morgan fingerprint density at radius 2 is 2.05 bits per heavy atom. The van der Waals surface area contributed by atoms with E-state index in [1.807, 2.05) is 37.8 Å². The van der Waals surface area contributed by atoms with E-state index in [-0.39, 0.29) is 17.6 Å². The Hall–Kier alpha value is -1.35. The van der Waals surface area contributed by atoms with Crippen LogP contribution in [0.1, 0.15) is 43.1 Å². The van der Waals surface area contributed by atoms with Crippen LogP contribution in [-0.4, -0.2) is 23.6 Å². The number of carbonyl (C=O) groups is 2. The lowest BCUT2D eigenvalue weighted by Crippen LogP contribution is -2.32. The summed E-state index contributed by atoms with van der Waals surface area (Å²) in [6.45, 7) is 6.39. The number of Topliss-reactive ketones (excluding diaryl/α,β-unsaturated/α-hetero) is 1. The largest absolute Gasteiger partial charge is 0.312 e. The van der Waals surface area contributed by atoms with Gasteiger partial charge >= 0.3 is 0 Å². The van der Waals surface area contributed by atoms with Crippen molar-refractivity contribution in [3.63, 3.8) is 0 Å². The molecule has 1 aliphatic rings. The first-order valence-electron chi connectivity index (χ1n) is 7.08. The fraction of sp³-hybridized carbons (Fsp3) is 0.500. The van der Waals surface area contributed by atoms with Crippen molar-refractivity contribution in [2.24, 2.45) is 5.92 Å². The number of benzene rings is 1. The van der Waals surface area contributed by atoms with Crippen molar-refractivity contribution in [2.45, 2.75) is 39.0 Å². The van der Waals surface area contributed by atoms with Crippen molar-refractivity contribution in [1.29, 1.82) is 0 Å². The van der Waals surface area contributed by atoms with E-state index in [0.717, 1.165) is 17.7 Å². The molecule has 1 heterocycles. The Labute approximate surface area is 124 Å². The minimum atomic E-state index is -0.470. The molecule has 0 spiro atoms. The Morgan fingerprint density at radius 1 is 1.35 bits per heavy atom. The molecule has 0 N–H and O–H groups in total. The van der Waals surface area contributed by atoms with Crippen LogP contribution in [0.5, 0.6) is 0 Å². The van der Waals surface area contributed by atoms with Gasteiger partial charge in [0, 0.05) is 23.7 Å². The van der Waals surface area contributed by atoms with Crippen molar-refractivity contribution >= 4 is 29.0 Å². The van der Waals surface area contributed by atoms with E-state index in [9.17, 15) is 9.59 Å². The molecular formula is C16H20ClNO2. The van der Waals surface area contributed by atoms with Gasteiger partial charge in [-0.15, -0.1) is 11.6 Å². The molecule has 2 rings (SSSR count). The van der Waals surface area contributed by atoms with Gasteiger partial charge in [-0.2, -0.15) is 0 Å². The van der Waals surface area contributed by atoms with Crippen LogP contribution >= 0.6 is 11.6 Å². The smallest absolute Gasteiger partial charge is 0.229 e. The minimum Gasteiger partial charge on any atom is -0.312 e. The molecule has 0 aliphatic carbocycles. The van der Waals surface area contributed by atoms with E-state index in [2.05, 4.69) is 0 Å². The van der Waals surface area contributed by atoms with E-state index in [1.54, 1.807) is 6.07 Å². The number of hydrogen-bond donors (Lipinski definition) is 0. The van der Waals surface area contributed by atoms with Crippen LogP contribution in [-0.2, 0) is 11.2 Å². The summed E-state index contributed by atoms with van der Waals surface area (Å²) in [4.78, 5) is 26.0. The van der Waals surface area contributed by atoms with Crippen LogP contribution in [0.3, 0.4) is 0 Å². The lowest BCUT2D eigenvalue weighted by molar-refractivity contribution is -0.121. The second-order valence-corrected chi connectivity index (χ2v) is 6.00. The van der Waals surface area contributed by atoms with Crippen LogP contribution in [0.25, 0.3) is 0 Å². The highest BCUT2D eigenvalue weighted by Crippen LogP contribution is 2.30. The van der Waals surface area contributed by atoms with Crippen molar-refractivity contribution in [1.82, 2.24) is 0 Å². The summed E-state index contributed by atoms with van der Waals surface area (Å²) in [5.74, 6) is 0.0757. The molecule has 0 aromatic heterocycles. The summed E-state index contributed by atoms with van der Waals surface area (Å²) in [7, 11) is 0. The predicted octanol–water partition coefficient (Wildman–Crippen LogP) is 3.43. The third-order valence-electron chi connectivity index (χ3n) is 3.66. The number of fused-ring (bicyclic) bond motifs is 1. The van der Waals surface area contributed by atoms with Gasteiger partial charge in [-0.05, 0) is 36.6 Å². The summed E-state index contributed by atoms with van der Waals surface area (Å²) in [5.41, 5.74) is 2.64. The van der Waals surface area contributed by atoms with Crippen molar-refractivity contribution < 1.29 is 9.59 Å². The van der Waals surface area contributed by atoms with E-state index in [4.69, 9.17) is 11.6 Å². The van der Waals surface area contributed by atoms with E-state index >= 15 is 0 Å². The van der Waals surface area contributed by atoms with Crippen molar-refractivity contribution in [2.75, 3.05) is 11.4 Å². The molecule has 108 valence electrons. The first kappa shape index (κ1) is 15.0. The zero-order valence-electron chi connectivity index (χ0n) is 12.1. The van der Waals surface area contributed by atoms with Crippen LogP contribution in [0.15, 0.2) is 18.2 Å². The summed E-state index contributed by atoms with van der Waals surface area (Å²) in [5, 5.41) is -0.470. The number of alkyl halides is 1. The van der Waals surface area contributed by atoms with Gasteiger partial charge in [-0.25, -0.2) is 0 Å². The number of ketones is 1. The summed E-state index contributed by atoms with van der Waals surface area (Å²) in [6.07, 6.45) is 1.42. The summed E-state index contributed by atoms with van der Waals surface area (Å²) in [6, 6.07) is 5.53. The Balaban J connectivity index is 2.27. The zero-order chi connectivity index (χ0) is 14.9. The quantitative estimate of drug-likeness (QED) is 0.630. The molecule has 1 aromatic carbocycles. The molecule has 1 unspecified atom stereocenters. The van der Waals surface area contributed by atoms with Gasteiger partial charge in [0.25, 0.3) is 0 Å². The standard InChI is InChI=1S/C16H20ClNO2/c1-4-13(17)15(19)12-5-6-14-11(9-12)7-8-18(14)16(20)10(2)3/h5-6,9-10,13H,4,7-8H2,1-3H3. The number of nitrogens with zero attached hydrogens (tertiary/aromatic N) is 1. The maximum atomic E-state index is 12.1. The third kappa shape index (κ3) is 2.73. The number of halogens is 1. The number of anilines is 1.